The first-order valence-corrected chi connectivity index (χ1v) is 36.0. The normalized spacial score (nSPS) is 22.2. The summed E-state index contributed by atoms with van der Waals surface area (Å²) in [6.45, 7) is 8.98. The number of fused-ring (bicyclic) bond motifs is 6. The van der Waals surface area contributed by atoms with Gasteiger partial charge in [-0.25, -0.2) is 8.42 Å². The minimum absolute atomic E-state index is 0.0917. The zero-order valence-corrected chi connectivity index (χ0v) is 57.1. The molecule has 2 bridgehead atoms. The van der Waals surface area contributed by atoms with Gasteiger partial charge in [-0.3, -0.25) is 38.4 Å². The second-order valence-electron chi connectivity index (χ2n) is 27.6. The summed E-state index contributed by atoms with van der Waals surface area (Å²) in [5, 5.41) is 40.9. The van der Waals surface area contributed by atoms with Crippen LogP contribution in [0.3, 0.4) is 0 Å². The number of guanidine groups is 1. The number of aliphatic hydroxyl groups is 1. The van der Waals surface area contributed by atoms with E-state index in [9.17, 15) is 60.1 Å². The highest BCUT2D eigenvalue weighted by Gasteiger charge is 2.73. The number of unbranched alkanes of at least 4 members (excludes halogenated alkanes) is 2. The summed E-state index contributed by atoms with van der Waals surface area (Å²) in [5.41, 5.74) is 13.4. The molecule has 1 spiro atoms. The second kappa shape index (κ2) is 26.7. The van der Waals surface area contributed by atoms with Crippen molar-refractivity contribution in [2.75, 3.05) is 76.2 Å². The molecular weight excluding hydrogens is 1300 g/mol. The molecule has 3 aliphatic carbocycles. The maximum atomic E-state index is 13.2. The third kappa shape index (κ3) is 13.3. The van der Waals surface area contributed by atoms with E-state index in [0.29, 0.717) is 68.0 Å². The molecule has 4 aliphatic heterocycles. The predicted octanol–water partition coefficient (Wildman–Crippen LogP) is 4.48. The van der Waals surface area contributed by atoms with E-state index in [-0.39, 0.29) is 59.5 Å². The SMILES string of the molecule is C[N+]1=C(/C=C/C=C/C=C2/N(CCCCCC(=O)NCC(=O)NCC(=O)NCC(=O)NCC(=O)NCCCN=C(N)Nc3ccc4[nH]c5c(c4c3)C[C@@]3(O)[C@H]4Cc6ccc(O)c7c6[C@@]3(CCN4CC3CC3)[C@H]5O7)c3ccc(S(=O)(=O)[O-])cc3C2(C)C)C(C)(C)c2cc(S(=O)(=O)O)ccc21. The molecule has 4 aromatic carbocycles. The van der Waals surface area contributed by atoms with E-state index >= 15 is 0 Å². The smallest absolute Gasteiger partial charge is 0.294 e. The number of rotatable bonds is 26. The van der Waals surface area contributed by atoms with Crippen molar-refractivity contribution < 1.29 is 69.4 Å². The number of carbonyl (C=O) groups excluding carboxylic acids is 5. The minimum atomic E-state index is -4.74. The van der Waals surface area contributed by atoms with Crippen LogP contribution >= 0.6 is 0 Å². The quantitative estimate of drug-likeness (QED) is 0.00907. The summed E-state index contributed by atoms with van der Waals surface area (Å²) in [6.07, 6.45) is 15.4. The van der Waals surface area contributed by atoms with Gasteiger partial charge in [-0.05, 0) is 149 Å². The standard InChI is InChI=1S/C70H84N12O14S2/c1-67(2)48-33-44(97(90,91)92)20-23-51(48)80(5)54(67)13-8-6-9-14-55-68(3,4)49-34-45(98(93,94)95)21-24-52(49)82(55)29-11-7-10-15-57(84)74-37-59(86)76-39-61(88)77-38-60(87)75-36-58(85)72-27-12-28-73-66(71)78-43-19-22-50-46(32-43)47-35-70(89)56-31-42-18-25-53(83)64-62(42)69(70,65(96-64)63(47)79-50)26-30-81(56)40-41-16-17-41/h6,8-9,13-14,18-25,32-34,41,56,65,79,89H,7,10-12,15-17,26-31,35-40H2,1-5H3,(H10-,71,72,73,74,75,76,77,78,83,84,85,86,87,88,90,91,92,93,94,95)/t56-,65+,69+,70-/m1/s1. The fourth-order valence-corrected chi connectivity index (χ4v) is 16.6. The van der Waals surface area contributed by atoms with E-state index in [0.717, 1.165) is 81.1 Å². The summed E-state index contributed by atoms with van der Waals surface area (Å²) >= 11 is 0. The number of allylic oxidation sites excluding steroid dienone is 6. The number of nitrogens with one attached hydrogen (secondary N) is 7. The van der Waals surface area contributed by atoms with Gasteiger partial charge in [-0.15, -0.1) is 0 Å². The molecule has 0 unspecified atom stereocenters. The van der Waals surface area contributed by atoms with Gasteiger partial charge in [0.1, 0.15) is 17.2 Å². The van der Waals surface area contributed by atoms with Crippen LogP contribution in [0.4, 0.5) is 17.1 Å². The highest BCUT2D eigenvalue weighted by atomic mass is 32.2. The van der Waals surface area contributed by atoms with Crippen LogP contribution in [0.15, 0.2) is 118 Å². The molecule has 2 fully saturated rings. The average Bonchev–Trinajstić information content (AvgIpc) is 1.41. The largest absolute Gasteiger partial charge is 0.744 e. The third-order valence-corrected chi connectivity index (χ3v) is 22.3. The fourth-order valence-electron chi connectivity index (χ4n) is 15.6. The number of carbonyl (C=O) groups is 5. The Morgan fingerprint density at radius 2 is 1.49 bits per heavy atom. The number of ether oxygens (including phenoxy) is 1. The van der Waals surface area contributed by atoms with Crippen LogP contribution < -0.4 is 47.3 Å². The molecule has 26 nitrogen and oxygen atoms in total. The first-order valence-electron chi connectivity index (χ1n) is 33.2. The van der Waals surface area contributed by atoms with Crippen LogP contribution in [0.5, 0.6) is 11.5 Å². The number of aromatic hydroxyl groups is 1. The van der Waals surface area contributed by atoms with Crippen molar-refractivity contribution in [2.45, 2.75) is 136 Å². The lowest BCUT2D eigenvalue weighted by Gasteiger charge is -2.62. The Kier molecular flexibility index (Phi) is 18.8. The number of hydrogen-bond donors (Lipinski definition) is 11. The van der Waals surface area contributed by atoms with E-state index in [4.69, 9.17) is 10.5 Å². The maximum absolute atomic E-state index is 13.2. The van der Waals surface area contributed by atoms with E-state index in [1.807, 2.05) is 94.0 Å². The minimum Gasteiger partial charge on any atom is -0.744 e. The average molecular weight is 1380 g/mol. The summed E-state index contributed by atoms with van der Waals surface area (Å²) < 4.78 is 78.5. The van der Waals surface area contributed by atoms with Gasteiger partial charge in [0.05, 0.1) is 58.1 Å². The topological polar surface area (TPSA) is 382 Å². The van der Waals surface area contributed by atoms with Gasteiger partial charge < -0.3 is 67.0 Å². The van der Waals surface area contributed by atoms with Crippen molar-refractivity contribution >= 4 is 89.4 Å². The molecule has 520 valence electrons. The number of aromatic amines is 1. The molecule has 1 saturated heterocycles. The highest BCUT2D eigenvalue weighted by molar-refractivity contribution is 7.86. The van der Waals surface area contributed by atoms with Gasteiger partial charge in [0.25, 0.3) is 10.1 Å². The Labute approximate surface area is 568 Å². The number of phenolic OH excluding ortho intramolecular Hbond substituents is 1. The Balaban J connectivity index is 0.532. The molecule has 4 atom stereocenters. The summed E-state index contributed by atoms with van der Waals surface area (Å²) in [4.78, 5) is 74.8. The molecule has 98 heavy (non-hydrogen) atoms. The maximum Gasteiger partial charge on any atom is 0.294 e. The lowest BCUT2D eigenvalue weighted by molar-refractivity contribution is -0.401. The van der Waals surface area contributed by atoms with Crippen LogP contribution in [0.1, 0.15) is 119 Å². The number of phenols is 1. The monoisotopic (exact) mass is 1380 g/mol. The number of likely N-dealkylation sites (tertiary alicyclic amines) is 1. The van der Waals surface area contributed by atoms with Gasteiger partial charge in [0.2, 0.25) is 35.2 Å². The van der Waals surface area contributed by atoms with E-state index in [2.05, 4.69) is 51.7 Å². The van der Waals surface area contributed by atoms with Crippen molar-refractivity contribution in [1.29, 1.82) is 0 Å². The Morgan fingerprint density at radius 3 is 2.18 bits per heavy atom. The Morgan fingerprint density at radius 1 is 0.806 bits per heavy atom. The number of piperidine rings is 1. The summed E-state index contributed by atoms with van der Waals surface area (Å²) in [7, 11) is -7.27. The van der Waals surface area contributed by atoms with Crippen LogP contribution in [0, 0.1) is 5.92 Å². The third-order valence-electron chi connectivity index (χ3n) is 20.6. The first-order chi connectivity index (χ1) is 46.5. The van der Waals surface area contributed by atoms with Gasteiger partial charge in [-0.2, -0.15) is 13.0 Å². The molecule has 0 radical (unpaired) electrons. The summed E-state index contributed by atoms with van der Waals surface area (Å²) in [6, 6.07) is 18.3. The number of H-pyrrole nitrogens is 1. The molecule has 5 aromatic rings. The van der Waals surface area contributed by atoms with Crippen molar-refractivity contribution in [1.82, 2.24) is 36.5 Å². The van der Waals surface area contributed by atoms with Gasteiger partial charge >= 0.3 is 0 Å². The van der Waals surface area contributed by atoms with Crippen molar-refractivity contribution in [3.8, 4) is 11.5 Å². The van der Waals surface area contributed by atoms with Crippen LogP contribution in [0.25, 0.3) is 10.9 Å². The summed E-state index contributed by atoms with van der Waals surface area (Å²) in [5.74, 6) is -1.38. The zero-order valence-electron chi connectivity index (χ0n) is 55.4. The zero-order chi connectivity index (χ0) is 69.9. The number of hydrogen-bond acceptors (Lipinski definition) is 16. The number of benzene rings is 4. The van der Waals surface area contributed by atoms with E-state index in [1.54, 1.807) is 18.2 Å². The van der Waals surface area contributed by atoms with Gasteiger partial charge in [0.15, 0.2) is 29.3 Å². The number of nitrogens with two attached hydrogens (primary N) is 1. The molecule has 5 amide bonds. The molecule has 12 rings (SSSR count). The fraction of sp³-hybridized carbons (Fsp3) is 0.443. The number of aliphatic imine (C=N–C) groups is 1. The molecule has 28 heteroatoms. The number of nitrogens with zero attached hydrogens (tertiary/aromatic N) is 4. The molecule has 1 saturated carbocycles. The number of aromatic nitrogens is 1. The van der Waals surface area contributed by atoms with Crippen LogP contribution in [-0.4, -0.2) is 169 Å². The molecule has 1 aromatic heterocycles. The van der Waals surface area contributed by atoms with Crippen molar-refractivity contribution in [2.24, 2.45) is 16.6 Å². The first kappa shape index (κ1) is 69.0. The van der Waals surface area contributed by atoms with Crippen molar-refractivity contribution in [3.63, 3.8) is 0 Å². The predicted molar refractivity (Wildman–Crippen MR) is 366 cm³/mol. The van der Waals surface area contributed by atoms with Crippen LogP contribution in [0.2, 0.25) is 0 Å². The molecule has 5 heterocycles. The second-order valence-corrected chi connectivity index (χ2v) is 30.4. The van der Waals surface area contributed by atoms with Gasteiger partial charge in [-0.1, -0.05) is 44.6 Å². The highest BCUT2D eigenvalue weighted by Crippen LogP contribution is 2.69. The lowest BCUT2D eigenvalue weighted by atomic mass is 9.49. The van der Waals surface area contributed by atoms with Crippen molar-refractivity contribution in [3.05, 3.63) is 136 Å². The molecule has 12 N–H and O–H groups in total. The van der Waals surface area contributed by atoms with E-state index < -0.39 is 91.4 Å². The van der Waals surface area contributed by atoms with E-state index in [1.165, 1.54) is 37.1 Å². The van der Waals surface area contributed by atoms with Crippen LogP contribution in [-0.2, 0) is 73.3 Å². The Hall–Kier alpha value is -8.93. The molecular formula is C70H84N12O14S2. The molecule has 7 aliphatic rings. The number of amides is 5. The lowest BCUT2D eigenvalue weighted by Crippen LogP contribution is -2.74. The number of anilines is 2. The van der Waals surface area contributed by atoms with Gasteiger partial charge in [0, 0.05) is 102 Å². The Bertz CT molecular complexity index is 4500.